The van der Waals surface area contributed by atoms with Crippen molar-refractivity contribution in [2.24, 2.45) is 0 Å². The van der Waals surface area contributed by atoms with Crippen LogP contribution in [0.5, 0.6) is 11.5 Å². The summed E-state index contributed by atoms with van der Waals surface area (Å²) >= 11 is 0. The molecule has 0 saturated heterocycles. The molecule has 0 aliphatic carbocycles. The van der Waals surface area contributed by atoms with Gasteiger partial charge < -0.3 is 14.6 Å². The Kier molecular flexibility index (Phi) is 3.59. The molecule has 3 aromatic rings. The van der Waals surface area contributed by atoms with Gasteiger partial charge >= 0.3 is 5.63 Å². The van der Waals surface area contributed by atoms with E-state index in [0.717, 1.165) is 5.56 Å². The number of phenolic OH excluding ortho intramolecular Hbond substituents is 1. The lowest BCUT2D eigenvalue weighted by Gasteiger charge is -2.16. The molecule has 112 valence electrons. The summed E-state index contributed by atoms with van der Waals surface area (Å²) in [5.41, 5.74) is 0.872. The highest BCUT2D eigenvalue weighted by Gasteiger charge is 2.23. The molecule has 4 heteroatoms. The maximum atomic E-state index is 12.3. The van der Waals surface area contributed by atoms with E-state index in [-0.39, 0.29) is 28.6 Å². The third-order valence-electron chi connectivity index (χ3n) is 3.85. The summed E-state index contributed by atoms with van der Waals surface area (Å²) in [4.78, 5) is 12.3. The van der Waals surface area contributed by atoms with Crippen LogP contribution in [0.3, 0.4) is 0 Å². The van der Waals surface area contributed by atoms with Crippen LogP contribution in [-0.4, -0.2) is 10.2 Å². The second kappa shape index (κ2) is 5.56. The molecule has 0 amide bonds. The quantitative estimate of drug-likeness (QED) is 0.722. The van der Waals surface area contributed by atoms with Gasteiger partial charge in [0.1, 0.15) is 17.1 Å². The van der Waals surface area contributed by atoms with Crippen molar-refractivity contribution in [3.8, 4) is 11.5 Å². The van der Waals surface area contributed by atoms with Crippen LogP contribution < -0.4 is 5.63 Å². The van der Waals surface area contributed by atoms with Crippen molar-refractivity contribution in [1.29, 1.82) is 0 Å². The first kappa shape index (κ1) is 14.2. The predicted octanol–water partition coefficient (Wildman–Crippen LogP) is 3.75. The average Bonchev–Trinajstić information content (AvgIpc) is 2.53. The Bertz CT molecular complexity index is 865. The molecule has 22 heavy (non-hydrogen) atoms. The molecule has 2 aromatic carbocycles. The predicted molar refractivity (Wildman–Crippen MR) is 84.4 cm³/mol. The molecule has 4 nitrogen and oxygen atoms in total. The Morgan fingerprint density at radius 2 is 1.82 bits per heavy atom. The van der Waals surface area contributed by atoms with E-state index < -0.39 is 5.63 Å². The zero-order valence-corrected chi connectivity index (χ0v) is 12.1. The highest BCUT2D eigenvalue weighted by molar-refractivity contribution is 5.85. The number of aromatic hydroxyl groups is 2. The fourth-order valence-corrected chi connectivity index (χ4v) is 2.79. The van der Waals surface area contributed by atoms with Crippen LogP contribution in [-0.2, 0) is 0 Å². The summed E-state index contributed by atoms with van der Waals surface area (Å²) in [5.74, 6) is -0.377. The molecule has 0 fully saturated rings. The van der Waals surface area contributed by atoms with Crippen molar-refractivity contribution >= 4 is 11.0 Å². The molecule has 0 spiro atoms. The number of phenols is 1. The van der Waals surface area contributed by atoms with Gasteiger partial charge in [0, 0.05) is 5.92 Å². The minimum absolute atomic E-state index is 0.00959. The standard InChI is InChI=1S/C18H16O4/c1-2-13(11-6-4-3-5-7-11)16-17(20)14-10-12(19)8-9-15(14)22-18(16)21/h3-10,13,19-20H,2H2,1H3/t13-/m0/s1. The maximum Gasteiger partial charge on any atom is 0.343 e. The third-order valence-corrected chi connectivity index (χ3v) is 3.85. The van der Waals surface area contributed by atoms with Gasteiger partial charge in [0.05, 0.1) is 10.9 Å². The van der Waals surface area contributed by atoms with Crippen LogP contribution in [0.2, 0.25) is 0 Å². The molecule has 1 heterocycles. The fraction of sp³-hybridized carbons (Fsp3) is 0.167. The second-order valence-corrected chi connectivity index (χ2v) is 5.20. The lowest BCUT2D eigenvalue weighted by atomic mass is 9.89. The van der Waals surface area contributed by atoms with Crippen LogP contribution in [0.25, 0.3) is 11.0 Å². The van der Waals surface area contributed by atoms with Gasteiger partial charge in [0.25, 0.3) is 0 Å². The van der Waals surface area contributed by atoms with Crippen molar-refractivity contribution in [3.63, 3.8) is 0 Å². The van der Waals surface area contributed by atoms with Crippen molar-refractivity contribution in [2.45, 2.75) is 19.3 Å². The smallest absolute Gasteiger partial charge is 0.343 e. The van der Waals surface area contributed by atoms with Gasteiger partial charge in [-0.2, -0.15) is 0 Å². The molecular weight excluding hydrogens is 280 g/mol. The SMILES string of the molecule is CC[C@@H](c1ccccc1)c1c(O)c2cc(O)ccc2oc1=O. The van der Waals surface area contributed by atoms with E-state index in [4.69, 9.17) is 4.42 Å². The molecular formula is C18H16O4. The topological polar surface area (TPSA) is 70.7 Å². The van der Waals surface area contributed by atoms with E-state index in [1.807, 2.05) is 37.3 Å². The lowest BCUT2D eigenvalue weighted by molar-refractivity contribution is 0.447. The molecule has 1 aromatic heterocycles. The zero-order chi connectivity index (χ0) is 15.7. The molecule has 0 aliphatic heterocycles. The highest BCUT2D eigenvalue weighted by atomic mass is 16.4. The van der Waals surface area contributed by atoms with Gasteiger partial charge in [0.2, 0.25) is 0 Å². The molecule has 0 aliphatic rings. The van der Waals surface area contributed by atoms with Gasteiger partial charge in [-0.25, -0.2) is 4.79 Å². The van der Waals surface area contributed by atoms with Crippen molar-refractivity contribution < 1.29 is 14.6 Å². The van der Waals surface area contributed by atoms with Gasteiger partial charge in [0.15, 0.2) is 0 Å². The second-order valence-electron chi connectivity index (χ2n) is 5.20. The molecule has 3 rings (SSSR count). The summed E-state index contributed by atoms with van der Waals surface area (Å²) in [5, 5.41) is 20.5. The average molecular weight is 296 g/mol. The summed E-state index contributed by atoms with van der Waals surface area (Å²) in [6.45, 7) is 1.95. The van der Waals surface area contributed by atoms with Crippen molar-refractivity contribution in [2.75, 3.05) is 0 Å². The summed E-state index contributed by atoms with van der Waals surface area (Å²) < 4.78 is 5.31. The Morgan fingerprint density at radius 1 is 1.09 bits per heavy atom. The van der Waals surface area contributed by atoms with Crippen LogP contribution in [0.1, 0.15) is 30.4 Å². The van der Waals surface area contributed by atoms with Gasteiger partial charge in [-0.15, -0.1) is 0 Å². The van der Waals surface area contributed by atoms with Gasteiger partial charge in [-0.05, 0) is 30.2 Å². The van der Waals surface area contributed by atoms with Crippen LogP contribution in [0.4, 0.5) is 0 Å². The Labute approximate surface area is 127 Å². The van der Waals surface area contributed by atoms with Crippen LogP contribution in [0, 0.1) is 0 Å². The lowest BCUT2D eigenvalue weighted by Crippen LogP contribution is -2.13. The first-order valence-corrected chi connectivity index (χ1v) is 7.15. The number of hydrogen-bond donors (Lipinski definition) is 2. The number of rotatable bonds is 3. The van der Waals surface area contributed by atoms with Crippen molar-refractivity contribution in [1.82, 2.24) is 0 Å². The molecule has 0 bridgehead atoms. The van der Waals surface area contributed by atoms with Gasteiger partial charge in [-0.3, -0.25) is 0 Å². The summed E-state index contributed by atoms with van der Waals surface area (Å²) in [6, 6.07) is 13.8. The molecule has 2 N–H and O–H groups in total. The Balaban J connectivity index is 2.27. The number of benzene rings is 2. The summed E-state index contributed by atoms with van der Waals surface area (Å²) in [6.07, 6.45) is 0.645. The maximum absolute atomic E-state index is 12.3. The van der Waals surface area contributed by atoms with E-state index in [1.54, 1.807) is 0 Å². The zero-order valence-electron chi connectivity index (χ0n) is 12.1. The fourth-order valence-electron chi connectivity index (χ4n) is 2.79. The van der Waals surface area contributed by atoms with E-state index >= 15 is 0 Å². The van der Waals surface area contributed by atoms with E-state index in [9.17, 15) is 15.0 Å². The monoisotopic (exact) mass is 296 g/mol. The van der Waals surface area contributed by atoms with E-state index in [1.165, 1.54) is 18.2 Å². The van der Waals surface area contributed by atoms with Crippen LogP contribution in [0.15, 0.2) is 57.7 Å². The molecule has 0 saturated carbocycles. The molecule has 0 radical (unpaired) electrons. The molecule has 0 unspecified atom stereocenters. The first-order chi connectivity index (χ1) is 10.6. The van der Waals surface area contributed by atoms with Gasteiger partial charge in [-0.1, -0.05) is 37.3 Å². The van der Waals surface area contributed by atoms with E-state index in [0.29, 0.717) is 11.8 Å². The summed E-state index contributed by atoms with van der Waals surface area (Å²) in [7, 11) is 0. The van der Waals surface area contributed by atoms with E-state index in [2.05, 4.69) is 0 Å². The minimum Gasteiger partial charge on any atom is -0.508 e. The minimum atomic E-state index is -0.550. The Hall–Kier alpha value is -2.75. The normalized spacial score (nSPS) is 12.4. The highest BCUT2D eigenvalue weighted by Crippen LogP contribution is 2.36. The first-order valence-electron chi connectivity index (χ1n) is 7.15. The molecule has 1 atom stereocenters. The number of fused-ring (bicyclic) bond motifs is 1. The van der Waals surface area contributed by atoms with Crippen LogP contribution >= 0.6 is 0 Å². The largest absolute Gasteiger partial charge is 0.508 e. The Morgan fingerprint density at radius 3 is 2.50 bits per heavy atom. The third kappa shape index (κ3) is 2.33. The number of hydrogen-bond acceptors (Lipinski definition) is 4. The van der Waals surface area contributed by atoms with Crippen molar-refractivity contribution in [3.05, 3.63) is 70.1 Å².